The van der Waals surface area contributed by atoms with Gasteiger partial charge in [0, 0.05) is 101 Å². The van der Waals surface area contributed by atoms with Crippen LogP contribution in [0.3, 0.4) is 0 Å². The highest BCUT2D eigenvalue weighted by molar-refractivity contribution is 7.89. The zero-order valence-electron chi connectivity index (χ0n) is 71.5. The van der Waals surface area contributed by atoms with Gasteiger partial charge in [0.2, 0.25) is 47.8 Å². The maximum atomic E-state index is 14.8. The summed E-state index contributed by atoms with van der Waals surface area (Å²) in [4.78, 5) is 93.9. The number of anilines is 3. The zero-order valence-corrected chi connectivity index (χ0v) is 74.0. The fourth-order valence-electron chi connectivity index (χ4n) is 17.8. The predicted octanol–water partition coefficient (Wildman–Crippen LogP) is 15.3. The average Bonchev–Trinajstić information content (AvgIpc) is 0.972. The Labute approximate surface area is 754 Å². The van der Waals surface area contributed by atoms with Crippen molar-refractivity contribution in [2.45, 2.75) is 213 Å². The first-order valence-corrected chi connectivity index (χ1v) is 47.2. The summed E-state index contributed by atoms with van der Waals surface area (Å²) in [5, 5.41) is 29.1. The Morgan fingerprint density at radius 1 is 0.421 bits per heavy atom. The Hall–Kier alpha value is -12.1. The number of halogens is 12. The number of rotatable bonds is 22. The SMILES string of the molecule is Cc1c(F)c(F)c(S(=O)(=O)N2CC[C@@H]2C(=O)N(Cc2ccc(C3CCCCC3)cn2)c2ccc3c(=O)[nH]ncc3c2)c(F)c1F.Cc1c(F)c(F)c(S(=O)(=O)N2CC[C@@H]2C(=O)N(Cc2ccc(C3CCCCC3)cn2)c2ccc3c(c2)CNC3=O)c(F)c1F.Cc1c(F)c(F)c(S(=O)(=O)N2CC[C@@H]2C(=O)N(Cc2cnc(C3CCCCC3)cn2)c2ccc(C(=O)O)c(O)c2)c(F)c1F. The van der Waals surface area contributed by atoms with Crippen LogP contribution in [0.5, 0.6) is 5.75 Å². The van der Waals surface area contributed by atoms with E-state index in [1.54, 1.807) is 48.9 Å². The number of fused-ring (bicyclic) bond motifs is 2. The maximum absolute atomic E-state index is 14.8. The number of aromatic amines is 1. The van der Waals surface area contributed by atoms with E-state index in [0.717, 1.165) is 138 Å². The van der Waals surface area contributed by atoms with E-state index in [1.165, 1.54) is 59.3 Å². The van der Waals surface area contributed by atoms with Crippen LogP contribution in [0.4, 0.5) is 69.7 Å². The average molecular weight is 1910 g/mol. The second-order valence-electron chi connectivity index (χ2n) is 33.8. The van der Waals surface area contributed by atoms with Gasteiger partial charge >= 0.3 is 5.97 Å². The number of pyridine rings is 2. The molecule has 4 aromatic heterocycles. The van der Waals surface area contributed by atoms with Crippen molar-refractivity contribution in [1.82, 2.24) is 48.4 Å². The van der Waals surface area contributed by atoms with Gasteiger partial charge in [-0.25, -0.2) is 87.8 Å². The lowest BCUT2D eigenvalue weighted by molar-refractivity contribution is -0.125. The van der Waals surface area contributed by atoms with Crippen LogP contribution in [0.2, 0.25) is 0 Å². The molecule has 0 radical (unpaired) electrons. The number of nitrogens with zero attached hydrogens (tertiary/aromatic N) is 11. The molecular weight excluding hydrogens is 1820 g/mol. The summed E-state index contributed by atoms with van der Waals surface area (Å²) >= 11 is 0. The molecule has 4 aliphatic heterocycles. The van der Waals surface area contributed by atoms with Gasteiger partial charge < -0.3 is 30.2 Å². The zero-order chi connectivity index (χ0) is 95.3. The highest BCUT2D eigenvalue weighted by Crippen LogP contribution is 2.43. The Morgan fingerprint density at radius 2 is 0.797 bits per heavy atom. The van der Waals surface area contributed by atoms with Crippen molar-refractivity contribution in [3.05, 3.63) is 257 Å². The maximum Gasteiger partial charge on any atom is 0.339 e. The molecule has 6 aromatic carbocycles. The number of sulfonamides is 3. The van der Waals surface area contributed by atoms with Crippen LogP contribution in [0.1, 0.15) is 210 Å². The smallest absolute Gasteiger partial charge is 0.339 e. The van der Waals surface area contributed by atoms with E-state index in [-0.39, 0.29) is 94.0 Å². The molecule has 10 aromatic rings. The molecule has 4 amide bonds. The van der Waals surface area contributed by atoms with Crippen LogP contribution in [0, 0.1) is 90.6 Å². The summed E-state index contributed by atoms with van der Waals surface area (Å²) in [7, 11) is -15.6. The van der Waals surface area contributed by atoms with Crippen LogP contribution in [-0.4, -0.2) is 146 Å². The van der Waals surface area contributed by atoms with Crippen LogP contribution in [0.25, 0.3) is 10.8 Å². The number of aromatic hydroxyl groups is 1. The lowest BCUT2D eigenvalue weighted by atomic mass is 9.85. The summed E-state index contributed by atoms with van der Waals surface area (Å²) < 4.78 is 256. The highest BCUT2D eigenvalue weighted by Gasteiger charge is 2.52. The van der Waals surface area contributed by atoms with Crippen molar-refractivity contribution >= 4 is 87.5 Å². The van der Waals surface area contributed by atoms with Crippen LogP contribution < -0.4 is 25.6 Å². The van der Waals surface area contributed by atoms with Gasteiger partial charge in [-0.2, -0.15) is 18.0 Å². The number of amides is 4. The van der Waals surface area contributed by atoms with Gasteiger partial charge in [0.25, 0.3) is 11.5 Å². The number of carboxylic acids is 1. The first-order valence-electron chi connectivity index (χ1n) is 42.9. The largest absolute Gasteiger partial charge is 0.507 e. The summed E-state index contributed by atoms with van der Waals surface area (Å²) in [5.41, 5.74) is 1.99. The normalized spacial score (nSPS) is 18.1. The van der Waals surface area contributed by atoms with E-state index in [0.29, 0.717) is 63.7 Å². The third kappa shape index (κ3) is 18.6. The number of carbonyl (C=O) groups is 5. The molecule has 27 nitrogen and oxygen atoms in total. The third-order valence-corrected chi connectivity index (χ3v) is 31.5. The number of H-pyrrole nitrogens is 1. The molecule has 7 aliphatic rings. The fourth-order valence-corrected chi connectivity index (χ4v) is 23.0. The Balaban J connectivity index is 0.000000152. The number of benzene rings is 6. The second kappa shape index (κ2) is 38.8. The highest BCUT2D eigenvalue weighted by atomic mass is 32.2. The van der Waals surface area contributed by atoms with Gasteiger partial charge in [0.05, 0.1) is 60.2 Å². The molecule has 4 N–H and O–H groups in total. The quantitative estimate of drug-likeness (QED) is 0.0362. The van der Waals surface area contributed by atoms with Gasteiger partial charge in [-0.3, -0.25) is 43.9 Å². The third-order valence-electron chi connectivity index (χ3n) is 25.7. The van der Waals surface area contributed by atoms with E-state index >= 15 is 0 Å². The van der Waals surface area contributed by atoms with E-state index in [4.69, 9.17) is 0 Å². The lowest BCUT2D eigenvalue weighted by Gasteiger charge is -2.41. The number of hydrogen-bond acceptors (Lipinski definition) is 18. The molecule has 3 saturated heterocycles. The minimum Gasteiger partial charge on any atom is -0.507 e. The number of phenols is 1. The van der Waals surface area contributed by atoms with Crippen molar-refractivity contribution in [3.8, 4) is 5.75 Å². The first-order chi connectivity index (χ1) is 63.3. The number of carboxylic acid groups (broad SMARTS) is 1. The van der Waals surface area contributed by atoms with E-state index in [1.807, 2.05) is 12.1 Å². The molecule has 702 valence electrons. The lowest BCUT2D eigenvalue weighted by Crippen LogP contribution is -2.59. The van der Waals surface area contributed by atoms with Gasteiger partial charge in [0.15, 0.2) is 84.5 Å². The molecular formula is C91H87F12N13O14S3. The Morgan fingerprint density at radius 3 is 1.17 bits per heavy atom. The molecule has 42 heteroatoms. The molecule has 8 heterocycles. The molecule has 3 atom stereocenters. The van der Waals surface area contributed by atoms with Gasteiger partial charge in [-0.15, -0.1) is 0 Å². The topological polar surface area (TPSA) is 357 Å². The van der Waals surface area contributed by atoms with Crippen molar-refractivity contribution < 1.29 is 112 Å². The molecule has 17 rings (SSSR count). The van der Waals surface area contributed by atoms with E-state index < -0.39 is 190 Å². The van der Waals surface area contributed by atoms with Crippen LogP contribution >= 0.6 is 0 Å². The van der Waals surface area contributed by atoms with Crippen molar-refractivity contribution in [2.75, 3.05) is 34.3 Å². The summed E-state index contributed by atoms with van der Waals surface area (Å²) in [6.07, 6.45) is 24.4. The summed E-state index contributed by atoms with van der Waals surface area (Å²) in [5.74, 6) is -27.2. The molecule has 133 heavy (non-hydrogen) atoms. The van der Waals surface area contributed by atoms with Crippen LogP contribution in [-0.2, 0) is 70.6 Å². The van der Waals surface area contributed by atoms with Gasteiger partial charge in [-0.1, -0.05) is 69.9 Å². The predicted molar refractivity (Wildman–Crippen MR) is 457 cm³/mol. The molecule has 0 spiro atoms. The number of nitrogens with one attached hydrogen (secondary N) is 2. The number of carbonyl (C=O) groups excluding carboxylic acids is 4. The Kier molecular flexibility index (Phi) is 27.9. The van der Waals surface area contributed by atoms with Gasteiger partial charge in [0.1, 0.15) is 29.4 Å². The molecule has 6 fully saturated rings. The minimum atomic E-state index is -5.25. The Bertz CT molecular complexity index is 6630. The van der Waals surface area contributed by atoms with E-state index in [9.17, 15) is 117 Å². The molecule has 3 saturated carbocycles. The molecule has 0 unspecified atom stereocenters. The van der Waals surface area contributed by atoms with Gasteiger partial charge in [-0.05, 0) is 168 Å². The number of aromatic carboxylic acids is 1. The minimum absolute atomic E-state index is 0.00759. The standard InChI is InChI=1S/C31H29F4N5O4S.C31H30F4N4O4S.C29H28F4N4O6S/c1-17-25(32)27(34)29(28(35)26(17)33)45(43,44)40-12-11-24(40)31(42)39(22-9-10-23-20(13-22)15-37-38-30(23)41)16-21-8-7-19(14-36-21)18-5-3-2-4-6-18;1-17-25(32)27(34)29(28(35)26(17)33)44(42,43)39-12-11-24(39)31(41)38(22-9-10-23-20(13-22)15-37-30(23)40)16-21-8-7-19(14-36-21)18-5-3-2-4-6-18;1-15-23(30)25(32)27(26(33)24(15)31)44(42,43)37-10-9-21(37)28(39)36(18-7-8-19(29(40)41)22(38)11-18)14-17-12-35-20(13-34-17)16-5-3-2-4-6-16/h7-10,13-15,18,24H,2-6,11-12,16H2,1H3,(H,38,41);7-10,13-14,18,24H,2-6,11-12,15-16H2,1H3,(H,37,40);7-8,11-13,16,21,38H,2-6,9-10,14H2,1H3,(H,40,41)/t2*24-;21-/m111/s1. The van der Waals surface area contributed by atoms with E-state index in [2.05, 4.69) is 35.5 Å². The monoisotopic (exact) mass is 1910 g/mol. The number of aromatic nitrogens is 6. The summed E-state index contributed by atoms with van der Waals surface area (Å²) in [6.45, 7) is 1.10. The number of hydrogen-bond donors (Lipinski definition) is 4. The van der Waals surface area contributed by atoms with Crippen LogP contribution in [0.15, 0.2) is 129 Å². The second-order valence-corrected chi connectivity index (χ2v) is 39.3. The summed E-state index contributed by atoms with van der Waals surface area (Å²) in [6, 6.07) is 15.7. The molecule has 3 aliphatic carbocycles. The molecule has 0 bridgehead atoms. The van der Waals surface area contributed by atoms with Crippen molar-refractivity contribution in [3.63, 3.8) is 0 Å². The fraction of sp³-hybridized carbons (Fsp3) is 0.374. The van der Waals surface area contributed by atoms with Crippen molar-refractivity contribution in [1.29, 1.82) is 0 Å². The van der Waals surface area contributed by atoms with Crippen molar-refractivity contribution in [2.24, 2.45) is 0 Å². The first kappa shape index (κ1) is 95.5.